The van der Waals surface area contributed by atoms with Crippen LogP contribution in [0.3, 0.4) is 0 Å². The molecule has 1 rings (SSSR count). The SMILES string of the molecule is COc1ccc(C)cc1CN(C)CCNC(C)C. The third-order valence-electron chi connectivity index (χ3n) is 2.92. The van der Waals surface area contributed by atoms with E-state index >= 15 is 0 Å². The van der Waals surface area contributed by atoms with E-state index in [1.165, 1.54) is 11.1 Å². The zero-order valence-electron chi connectivity index (χ0n) is 12.3. The summed E-state index contributed by atoms with van der Waals surface area (Å²) < 4.78 is 5.40. The summed E-state index contributed by atoms with van der Waals surface area (Å²) in [5.74, 6) is 0.976. The lowest BCUT2D eigenvalue weighted by molar-refractivity contribution is 0.311. The molecule has 0 saturated carbocycles. The number of benzene rings is 1. The van der Waals surface area contributed by atoms with E-state index in [2.05, 4.69) is 50.2 Å². The van der Waals surface area contributed by atoms with Gasteiger partial charge in [-0.1, -0.05) is 31.5 Å². The van der Waals surface area contributed by atoms with Crippen LogP contribution in [-0.4, -0.2) is 38.2 Å². The van der Waals surface area contributed by atoms with Crippen LogP contribution in [0.4, 0.5) is 0 Å². The molecule has 3 nitrogen and oxygen atoms in total. The minimum absolute atomic E-state index is 0.548. The summed E-state index contributed by atoms with van der Waals surface area (Å²) >= 11 is 0. The Bertz CT molecular complexity index is 364. The summed E-state index contributed by atoms with van der Waals surface area (Å²) in [4.78, 5) is 2.31. The van der Waals surface area contributed by atoms with Crippen molar-refractivity contribution in [3.05, 3.63) is 29.3 Å². The number of likely N-dealkylation sites (N-methyl/N-ethyl adjacent to an activating group) is 1. The van der Waals surface area contributed by atoms with E-state index in [4.69, 9.17) is 4.74 Å². The van der Waals surface area contributed by atoms with Gasteiger partial charge in [0.25, 0.3) is 0 Å². The van der Waals surface area contributed by atoms with Crippen molar-refractivity contribution in [1.82, 2.24) is 10.2 Å². The summed E-state index contributed by atoms with van der Waals surface area (Å²) in [6.07, 6.45) is 0. The second kappa shape index (κ2) is 7.39. The van der Waals surface area contributed by atoms with Gasteiger partial charge >= 0.3 is 0 Å². The van der Waals surface area contributed by atoms with Crippen LogP contribution in [0.2, 0.25) is 0 Å². The summed E-state index contributed by atoms with van der Waals surface area (Å²) in [5.41, 5.74) is 2.53. The van der Waals surface area contributed by atoms with Crippen molar-refractivity contribution in [1.29, 1.82) is 0 Å². The molecule has 3 heteroatoms. The van der Waals surface area contributed by atoms with Crippen molar-refractivity contribution in [2.24, 2.45) is 0 Å². The maximum Gasteiger partial charge on any atom is 0.123 e. The third-order valence-corrected chi connectivity index (χ3v) is 2.92. The molecule has 0 aliphatic carbocycles. The average molecular weight is 250 g/mol. The van der Waals surface area contributed by atoms with Gasteiger partial charge in [0.05, 0.1) is 7.11 Å². The fraction of sp³-hybridized carbons (Fsp3) is 0.600. The topological polar surface area (TPSA) is 24.5 Å². The van der Waals surface area contributed by atoms with Crippen molar-refractivity contribution in [2.75, 3.05) is 27.2 Å². The third kappa shape index (κ3) is 5.07. The molecule has 1 aromatic rings. The quantitative estimate of drug-likeness (QED) is 0.804. The van der Waals surface area contributed by atoms with E-state index in [1.807, 2.05) is 6.07 Å². The van der Waals surface area contributed by atoms with Gasteiger partial charge in [-0.25, -0.2) is 0 Å². The Morgan fingerprint density at radius 3 is 2.67 bits per heavy atom. The Kier molecular flexibility index (Phi) is 6.16. The zero-order valence-corrected chi connectivity index (χ0v) is 12.3. The molecule has 18 heavy (non-hydrogen) atoms. The molecule has 0 radical (unpaired) electrons. The van der Waals surface area contributed by atoms with Crippen LogP contribution in [-0.2, 0) is 6.54 Å². The molecular formula is C15H26N2O. The van der Waals surface area contributed by atoms with Crippen LogP contribution in [0.25, 0.3) is 0 Å². The number of hydrogen-bond donors (Lipinski definition) is 1. The van der Waals surface area contributed by atoms with E-state index in [0.717, 1.165) is 25.4 Å². The lowest BCUT2D eigenvalue weighted by Crippen LogP contribution is -2.32. The average Bonchev–Trinajstić information content (AvgIpc) is 2.28. The predicted molar refractivity (Wildman–Crippen MR) is 77.2 cm³/mol. The fourth-order valence-corrected chi connectivity index (χ4v) is 1.94. The van der Waals surface area contributed by atoms with Gasteiger partial charge in [-0.3, -0.25) is 0 Å². The Morgan fingerprint density at radius 1 is 1.33 bits per heavy atom. The first-order valence-electron chi connectivity index (χ1n) is 6.58. The van der Waals surface area contributed by atoms with Gasteiger partial charge in [0.2, 0.25) is 0 Å². The van der Waals surface area contributed by atoms with E-state index < -0.39 is 0 Å². The highest BCUT2D eigenvalue weighted by Crippen LogP contribution is 2.20. The second-order valence-electron chi connectivity index (χ2n) is 5.16. The van der Waals surface area contributed by atoms with Gasteiger partial charge in [0.15, 0.2) is 0 Å². The van der Waals surface area contributed by atoms with E-state index in [0.29, 0.717) is 6.04 Å². The number of methoxy groups -OCH3 is 1. The molecule has 1 aromatic carbocycles. The first-order chi connectivity index (χ1) is 8.52. The summed E-state index contributed by atoms with van der Waals surface area (Å²) in [6, 6.07) is 6.88. The fourth-order valence-electron chi connectivity index (χ4n) is 1.94. The van der Waals surface area contributed by atoms with Crippen molar-refractivity contribution >= 4 is 0 Å². The zero-order chi connectivity index (χ0) is 13.5. The first kappa shape index (κ1) is 15.0. The second-order valence-corrected chi connectivity index (χ2v) is 5.16. The van der Waals surface area contributed by atoms with E-state index in [-0.39, 0.29) is 0 Å². The first-order valence-corrected chi connectivity index (χ1v) is 6.58. The minimum atomic E-state index is 0.548. The minimum Gasteiger partial charge on any atom is -0.496 e. The van der Waals surface area contributed by atoms with Gasteiger partial charge in [-0.2, -0.15) is 0 Å². The molecule has 102 valence electrons. The van der Waals surface area contributed by atoms with Crippen molar-refractivity contribution in [2.45, 2.75) is 33.4 Å². The lowest BCUT2D eigenvalue weighted by Gasteiger charge is -2.19. The van der Waals surface area contributed by atoms with Crippen LogP contribution < -0.4 is 10.1 Å². The molecule has 0 bridgehead atoms. The normalized spacial score (nSPS) is 11.3. The van der Waals surface area contributed by atoms with Crippen LogP contribution in [0.1, 0.15) is 25.0 Å². The van der Waals surface area contributed by atoms with E-state index in [9.17, 15) is 0 Å². The molecule has 0 aliphatic heterocycles. The molecular weight excluding hydrogens is 224 g/mol. The molecule has 0 atom stereocenters. The van der Waals surface area contributed by atoms with Crippen LogP contribution in [0, 0.1) is 6.92 Å². The van der Waals surface area contributed by atoms with Gasteiger partial charge in [0.1, 0.15) is 5.75 Å². The predicted octanol–water partition coefficient (Wildman–Crippen LogP) is 2.43. The van der Waals surface area contributed by atoms with Crippen LogP contribution in [0.5, 0.6) is 5.75 Å². The maximum atomic E-state index is 5.40. The molecule has 0 spiro atoms. The van der Waals surface area contributed by atoms with Crippen molar-refractivity contribution in [3.8, 4) is 5.75 Å². The number of aryl methyl sites for hydroxylation is 1. The van der Waals surface area contributed by atoms with Gasteiger partial charge in [0, 0.05) is 31.2 Å². The molecule has 0 amide bonds. The Morgan fingerprint density at radius 2 is 2.06 bits per heavy atom. The standard InChI is InChI=1S/C15H26N2O/c1-12(2)16-8-9-17(4)11-14-10-13(3)6-7-15(14)18-5/h6-7,10,12,16H,8-9,11H2,1-5H3. The Balaban J connectivity index is 2.52. The largest absolute Gasteiger partial charge is 0.496 e. The molecule has 0 saturated heterocycles. The summed E-state index contributed by atoms with van der Waals surface area (Å²) in [5, 5.41) is 3.43. The summed E-state index contributed by atoms with van der Waals surface area (Å²) in [6.45, 7) is 9.43. The molecule has 0 unspecified atom stereocenters. The Hall–Kier alpha value is -1.06. The molecule has 1 N–H and O–H groups in total. The van der Waals surface area contributed by atoms with Crippen molar-refractivity contribution in [3.63, 3.8) is 0 Å². The van der Waals surface area contributed by atoms with Gasteiger partial charge < -0.3 is 15.0 Å². The molecule has 0 aromatic heterocycles. The van der Waals surface area contributed by atoms with Crippen LogP contribution in [0.15, 0.2) is 18.2 Å². The Labute approximate surface area is 111 Å². The molecule has 0 fully saturated rings. The van der Waals surface area contributed by atoms with Gasteiger partial charge in [-0.15, -0.1) is 0 Å². The maximum absolute atomic E-state index is 5.40. The lowest BCUT2D eigenvalue weighted by atomic mass is 10.1. The monoisotopic (exact) mass is 250 g/mol. The molecule has 0 heterocycles. The highest BCUT2D eigenvalue weighted by atomic mass is 16.5. The summed E-state index contributed by atoms with van der Waals surface area (Å²) in [7, 11) is 3.87. The number of nitrogens with one attached hydrogen (secondary N) is 1. The highest BCUT2D eigenvalue weighted by molar-refractivity contribution is 5.36. The number of hydrogen-bond acceptors (Lipinski definition) is 3. The number of nitrogens with zero attached hydrogens (tertiary/aromatic N) is 1. The van der Waals surface area contributed by atoms with Crippen LogP contribution >= 0.6 is 0 Å². The smallest absolute Gasteiger partial charge is 0.123 e. The number of ether oxygens (including phenoxy) is 1. The number of rotatable bonds is 7. The highest BCUT2D eigenvalue weighted by Gasteiger charge is 2.06. The molecule has 0 aliphatic rings. The van der Waals surface area contributed by atoms with Gasteiger partial charge in [-0.05, 0) is 20.0 Å². The van der Waals surface area contributed by atoms with Crippen molar-refractivity contribution < 1.29 is 4.74 Å². The van der Waals surface area contributed by atoms with E-state index in [1.54, 1.807) is 7.11 Å².